The van der Waals surface area contributed by atoms with Crippen LogP contribution in [0, 0.1) is 0 Å². The first kappa shape index (κ1) is 16.2. The number of hydrogen-bond acceptors (Lipinski definition) is 0. The lowest BCUT2D eigenvalue weighted by Gasteiger charge is -1.98. The van der Waals surface area contributed by atoms with Gasteiger partial charge in [-0.2, -0.15) is 0 Å². The lowest BCUT2D eigenvalue weighted by Crippen LogP contribution is -1.73. The molecule has 0 aromatic heterocycles. The predicted octanol–water partition coefficient (Wildman–Crippen LogP) is 6.50. The average Bonchev–Trinajstić information content (AvgIpc) is 2.54. The predicted molar refractivity (Wildman–Crippen MR) is 90.8 cm³/mol. The molecule has 0 heterocycles. The summed E-state index contributed by atoms with van der Waals surface area (Å²) in [6.45, 7) is 5.89. The molecule has 0 fully saturated rings. The number of benzene rings is 2. The normalized spacial score (nSPS) is 9.45. The maximum absolute atomic E-state index is 3.66. The minimum atomic E-state index is 1.19. The molecule has 0 aliphatic heterocycles. The summed E-state index contributed by atoms with van der Waals surface area (Å²) in [6.07, 6.45) is 8.61. The van der Waals surface area contributed by atoms with E-state index in [4.69, 9.17) is 0 Å². The molecule has 2 rings (SSSR count). The second kappa shape index (κ2) is 11.0. The van der Waals surface area contributed by atoms with E-state index in [9.17, 15) is 0 Å². The van der Waals surface area contributed by atoms with Gasteiger partial charge in [0.05, 0.1) is 0 Å². The maximum Gasteiger partial charge on any atom is -0.0184 e. The van der Waals surface area contributed by atoms with Crippen molar-refractivity contribution in [2.75, 3.05) is 0 Å². The van der Waals surface area contributed by atoms with Crippen LogP contribution in [0.25, 0.3) is 11.1 Å². The number of allylic oxidation sites excluding steroid dienone is 1. The van der Waals surface area contributed by atoms with Crippen LogP contribution in [0.15, 0.2) is 73.3 Å². The van der Waals surface area contributed by atoms with Gasteiger partial charge < -0.3 is 0 Å². The van der Waals surface area contributed by atoms with Crippen LogP contribution in [0.1, 0.15) is 39.0 Å². The summed E-state index contributed by atoms with van der Waals surface area (Å²) in [5, 5.41) is 0. The minimum Gasteiger partial charge on any atom is -0.103 e. The first-order chi connectivity index (χ1) is 9.88. The zero-order valence-electron chi connectivity index (χ0n) is 12.6. The fraction of sp³-hybridized carbons (Fsp3) is 0.300. The van der Waals surface area contributed by atoms with Crippen LogP contribution in [-0.4, -0.2) is 0 Å². The maximum atomic E-state index is 3.66. The van der Waals surface area contributed by atoms with Crippen LogP contribution in [-0.2, 0) is 0 Å². The van der Waals surface area contributed by atoms with Crippen LogP contribution >= 0.6 is 0 Å². The van der Waals surface area contributed by atoms with Crippen LogP contribution in [0.5, 0.6) is 0 Å². The first-order valence-corrected chi connectivity index (χ1v) is 7.59. The van der Waals surface area contributed by atoms with Crippen LogP contribution in [0.2, 0.25) is 0 Å². The molecule has 0 bridgehead atoms. The summed E-state index contributed by atoms with van der Waals surface area (Å²) in [5.74, 6) is 0. The van der Waals surface area contributed by atoms with E-state index in [1.807, 2.05) is 18.2 Å². The highest BCUT2D eigenvalue weighted by Crippen LogP contribution is 2.17. The zero-order valence-corrected chi connectivity index (χ0v) is 12.6. The van der Waals surface area contributed by atoms with Crippen molar-refractivity contribution in [3.05, 3.63) is 73.3 Å². The average molecular weight is 266 g/mol. The minimum absolute atomic E-state index is 1.19. The molecule has 0 atom stereocenters. The van der Waals surface area contributed by atoms with Crippen molar-refractivity contribution in [3.63, 3.8) is 0 Å². The van der Waals surface area contributed by atoms with Gasteiger partial charge in [0.1, 0.15) is 0 Å². The molecule has 2 aromatic carbocycles. The largest absolute Gasteiger partial charge is 0.103 e. The van der Waals surface area contributed by atoms with Crippen molar-refractivity contribution < 1.29 is 0 Å². The van der Waals surface area contributed by atoms with Gasteiger partial charge >= 0.3 is 0 Å². The summed E-state index contributed by atoms with van der Waals surface area (Å²) in [5.41, 5.74) is 2.55. The number of rotatable bonds is 6. The van der Waals surface area contributed by atoms with Crippen molar-refractivity contribution in [2.45, 2.75) is 39.0 Å². The van der Waals surface area contributed by atoms with Crippen LogP contribution < -0.4 is 0 Å². The van der Waals surface area contributed by atoms with Crippen LogP contribution in [0.4, 0.5) is 0 Å². The molecule has 0 nitrogen and oxygen atoms in total. The van der Waals surface area contributed by atoms with Crippen molar-refractivity contribution in [3.8, 4) is 11.1 Å². The molecule has 0 aliphatic rings. The van der Waals surface area contributed by atoms with Gasteiger partial charge in [-0.1, -0.05) is 92.9 Å². The Balaban J connectivity index is 0.000000221. The van der Waals surface area contributed by atoms with Gasteiger partial charge in [0.15, 0.2) is 0 Å². The van der Waals surface area contributed by atoms with Gasteiger partial charge in [-0.25, -0.2) is 0 Å². The Kier molecular flexibility index (Phi) is 8.97. The highest BCUT2D eigenvalue weighted by molar-refractivity contribution is 5.62. The molecular weight excluding hydrogens is 240 g/mol. The molecule has 0 aliphatic carbocycles. The van der Waals surface area contributed by atoms with E-state index < -0.39 is 0 Å². The van der Waals surface area contributed by atoms with E-state index in [2.05, 4.69) is 62.0 Å². The summed E-state index contributed by atoms with van der Waals surface area (Å²) in [4.78, 5) is 0. The third kappa shape index (κ3) is 6.94. The van der Waals surface area contributed by atoms with Crippen molar-refractivity contribution >= 4 is 0 Å². The highest BCUT2D eigenvalue weighted by Gasteiger charge is 1.91. The van der Waals surface area contributed by atoms with E-state index >= 15 is 0 Å². The lowest BCUT2D eigenvalue weighted by atomic mass is 10.1. The third-order valence-electron chi connectivity index (χ3n) is 3.14. The fourth-order valence-corrected chi connectivity index (χ4v) is 1.98. The Morgan fingerprint density at radius 3 is 1.65 bits per heavy atom. The van der Waals surface area contributed by atoms with Crippen LogP contribution in [0.3, 0.4) is 0 Å². The summed E-state index contributed by atoms with van der Waals surface area (Å²) >= 11 is 0. The summed E-state index contributed by atoms with van der Waals surface area (Å²) in [6, 6.07) is 20.8. The van der Waals surface area contributed by atoms with Crippen molar-refractivity contribution in [2.24, 2.45) is 0 Å². The van der Waals surface area contributed by atoms with Crippen molar-refractivity contribution in [1.29, 1.82) is 0 Å². The van der Waals surface area contributed by atoms with Gasteiger partial charge in [-0.3, -0.25) is 0 Å². The third-order valence-corrected chi connectivity index (χ3v) is 3.14. The number of hydrogen-bond donors (Lipinski definition) is 0. The molecular formula is C20H26. The van der Waals surface area contributed by atoms with E-state index in [1.54, 1.807) is 0 Å². The molecule has 2 aromatic rings. The smallest absolute Gasteiger partial charge is 0.0184 e. The molecule has 106 valence electrons. The second-order valence-electron chi connectivity index (χ2n) is 4.87. The van der Waals surface area contributed by atoms with E-state index in [1.165, 1.54) is 43.2 Å². The molecule has 0 unspecified atom stereocenters. The van der Waals surface area contributed by atoms with Crippen molar-refractivity contribution in [1.82, 2.24) is 0 Å². The Hall–Kier alpha value is -1.82. The molecule has 0 N–H and O–H groups in total. The Morgan fingerprint density at radius 1 is 0.750 bits per heavy atom. The molecule has 0 heteroatoms. The van der Waals surface area contributed by atoms with E-state index in [0.717, 1.165) is 0 Å². The Bertz CT molecular complexity index is 404. The lowest BCUT2D eigenvalue weighted by molar-refractivity contribution is 0.675. The summed E-state index contributed by atoms with van der Waals surface area (Å²) < 4.78 is 0. The quantitative estimate of drug-likeness (QED) is 0.413. The first-order valence-electron chi connectivity index (χ1n) is 7.59. The molecule has 0 radical (unpaired) electrons. The molecule has 20 heavy (non-hydrogen) atoms. The zero-order chi connectivity index (χ0) is 14.5. The van der Waals surface area contributed by atoms with E-state index in [0.29, 0.717) is 0 Å². The topological polar surface area (TPSA) is 0 Å². The van der Waals surface area contributed by atoms with E-state index in [-0.39, 0.29) is 0 Å². The molecule has 0 saturated heterocycles. The summed E-state index contributed by atoms with van der Waals surface area (Å²) in [7, 11) is 0. The second-order valence-corrected chi connectivity index (χ2v) is 4.87. The highest BCUT2D eigenvalue weighted by atomic mass is 14.0. The van der Waals surface area contributed by atoms with Gasteiger partial charge in [-0.15, -0.1) is 6.58 Å². The van der Waals surface area contributed by atoms with Gasteiger partial charge in [0, 0.05) is 0 Å². The molecule has 0 amide bonds. The Morgan fingerprint density at radius 2 is 1.25 bits per heavy atom. The SMILES string of the molecule is C=CCCCCCC.c1ccc(-c2ccccc2)cc1. The fourth-order valence-electron chi connectivity index (χ4n) is 1.98. The van der Waals surface area contributed by atoms with Gasteiger partial charge in [-0.05, 0) is 24.0 Å². The number of unbranched alkanes of at least 4 members (excludes halogenated alkanes) is 4. The monoisotopic (exact) mass is 266 g/mol. The van der Waals surface area contributed by atoms with Gasteiger partial charge in [0.2, 0.25) is 0 Å². The standard InChI is InChI=1S/C12H10.C8H16/c1-3-7-11(8-4-1)12-9-5-2-6-10-12;1-3-5-7-8-6-4-2/h1-10H;3H,1,4-8H2,2H3. The molecule has 0 spiro atoms. The van der Waals surface area contributed by atoms with Gasteiger partial charge in [0.25, 0.3) is 0 Å². The Labute approximate surface area is 124 Å². The molecule has 0 saturated carbocycles.